The van der Waals surface area contributed by atoms with Gasteiger partial charge in [-0.1, -0.05) is 0 Å². The van der Waals surface area contributed by atoms with E-state index in [1.54, 1.807) is 0 Å². The molecule has 5 heteroatoms. The van der Waals surface area contributed by atoms with Gasteiger partial charge in [0.05, 0.1) is 0 Å². The Bertz CT molecular complexity index is 42.9. The molecule has 0 atom stereocenters. The first-order valence-electron chi connectivity index (χ1n) is 1.07. The number of hydrogen-bond acceptors (Lipinski definition) is 2. The molecular weight excluding hydrogens is 102 g/mol. The molecule has 0 heterocycles. The highest BCUT2D eigenvalue weighted by Gasteiger charge is 1.87. The van der Waals surface area contributed by atoms with Crippen LogP contribution in [0.1, 0.15) is 0 Å². The summed E-state index contributed by atoms with van der Waals surface area (Å²) < 4.78 is 13.6. The second-order valence-corrected chi connectivity index (χ2v) is 2.70. The Hall–Kier alpha value is -0.166. The predicted molar refractivity (Wildman–Crippen MR) is 20.6 cm³/mol. The van der Waals surface area contributed by atoms with E-state index in [-0.39, 0.29) is 0 Å². The van der Waals surface area contributed by atoms with Gasteiger partial charge >= 0.3 is 9.09 Å². The van der Waals surface area contributed by atoms with Gasteiger partial charge in [0, 0.05) is 0 Å². The van der Waals surface area contributed by atoms with Crippen molar-refractivity contribution in [1.82, 2.24) is 5.40 Å². The summed E-state index contributed by atoms with van der Waals surface area (Å²) in [5, 5.41) is 6.19. The monoisotopic (exact) mass is 106 g/mol. The average Bonchev–Trinajstić information content (AvgIpc) is 1.38. The fourth-order valence-electron chi connectivity index (χ4n) is 0. The molecule has 29 valence electrons. The van der Waals surface area contributed by atoms with Crippen molar-refractivity contribution in [1.29, 1.82) is 0 Å². The lowest BCUT2D eigenvalue weighted by Crippen LogP contribution is -2.03. The van der Waals surface area contributed by atoms with Gasteiger partial charge in [0.15, 0.2) is 10.5 Å². The lowest BCUT2D eigenvalue weighted by Gasteiger charge is -1.78. The third-order valence-corrected chi connectivity index (χ3v) is 1.67. The molecule has 0 unspecified atom stereocenters. The Labute approximate surface area is 34.5 Å². The smallest absolute Gasteiger partial charge is 0.572 e. The Balaban J connectivity index is 2.85. The standard InChI is InChI=1S/H4NO2Si2/c1-5(2)3-4/h1H,4H3. The van der Waals surface area contributed by atoms with E-state index in [9.17, 15) is 4.46 Å². The van der Waals surface area contributed by atoms with Crippen LogP contribution < -0.4 is 5.40 Å². The third kappa shape index (κ3) is 3.83. The minimum absolute atomic E-state index is 0.419. The van der Waals surface area contributed by atoms with Gasteiger partial charge in [-0.05, 0) is 0 Å². The molecule has 3 nitrogen and oxygen atoms in total. The molecule has 0 aliphatic heterocycles. The van der Waals surface area contributed by atoms with Crippen molar-refractivity contribution in [2.45, 2.75) is 0 Å². The normalized spacial score (nSPS) is 7.20. The summed E-state index contributed by atoms with van der Waals surface area (Å²) in [5.74, 6) is 0. The highest BCUT2D eigenvalue weighted by Crippen LogP contribution is 1.46. The van der Waals surface area contributed by atoms with Crippen molar-refractivity contribution < 1.29 is 8.58 Å². The Morgan fingerprint density at radius 1 is 2.00 bits per heavy atom. The van der Waals surface area contributed by atoms with Gasteiger partial charge in [-0.15, -0.1) is 0 Å². The average molecular weight is 106 g/mol. The lowest BCUT2D eigenvalue weighted by molar-refractivity contribution is 0.472. The van der Waals surface area contributed by atoms with Gasteiger partial charge in [0.2, 0.25) is 0 Å². The van der Waals surface area contributed by atoms with E-state index in [1.807, 2.05) is 0 Å². The first-order valence-corrected chi connectivity index (χ1v) is 3.20. The van der Waals surface area contributed by atoms with Crippen molar-refractivity contribution in [3.8, 4) is 0 Å². The summed E-state index contributed by atoms with van der Waals surface area (Å²) in [4.78, 5) is 0. The summed E-state index contributed by atoms with van der Waals surface area (Å²) >= 11 is 0. The van der Waals surface area contributed by atoms with Crippen LogP contribution in [0.3, 0.4) is 0 Å². The minimum atomic E-state index is -2.31. The molecule has 0 aliphatic rings. The van der Waals surface area contributed by atoms with Crippen molar-refractivity contribution in [2.24, 2.45) is 0 Å². The molecular formula is H4NO2Si2. The largest absolute Gasteiger partial charge is 0.639 e. The van der Waals surface area contributed by atoms with Gasteiger partial charge < -0.3 is 8.58 Å². The summed E-state index contributed by atoms with van der Waals surface area (Å²) in [5.41, 5.74) is 0. The molecule has 1 radical (unpaired) electrons. The molecule has 0 saturated heterocycles. The van der Waals surface area contributed by atoms with Crippen LogP contribution in [-0.2, 0) is 8.58 Å². The van der Waals surface area contributed by atoms with Crippen molar-refractivity contribution in [2.75, 3.05) is 0 Å². The van der Waals surface area contributed by atoms with E-state index in [0.717, 1.165) is 0 Å². The predicted octanol–water partition coefficient (Wildman–Crippen LogP) is -2.02. The summed E-state index contributed by atoms with van der Waals surface area (Å²) in [7, 11) is -1.89. The zero-order valence-corrected chi connectivity index (χ0v) is 5.82. The van der Waals surface area contributed by atoms with Gasteiger partial charge in [0.1, 0.15) is 0 Å². The molecule has 5 heavy (non-hydrogen) atoms. The van der Waals surface area contributed by atoms with E-state index in [4.69, 9.17) is 5.40 Å². The van der Waals surface area contributed by atoms with E-state index < -0.39 is 9.09 Å². The van der Waals surface area contributed by atoms with Crippen LogP contribution in [0.4, 0.5) is 0 Å². The molecule has 0 aliphatic carbocycles. The van der Waals surface area contributed by atoms with Crippen LogP contribution in [0.5, 0.6) is 0 Å². The van der Waals surface area contributed by atoms with Gasteiger partial charge in [-0.25, -0.2) is 0 Å². The van der Waals surface area contributed by atoms with Crippen molar-refractivity contribution >= 4 is 19.6 Å². The molecule has 0 rings (SSSR count). The van der Waals surface area contributed by atoms with E-state index in [2.05, 4.69) is 4.12 Å². The van der Waals surface area contributed by atoms with Crippen LogP contribution in [-0.4, -0.2) is 19.6 Å². The Kier molecular flexibility index (Phi) is 2.02. The summed E-state index contributed by atoms with van der Waals surface area (Å²) in [6.45, 7) is 0. The fraction of sp³-hybridized carbons (Fsp3) is 0. The molecule has 0 amide bonds. The van der Waals surface area contributed by atoms with Gasteiger partial charge in [-0.2, -0.15) is 0 Å². The SMILES string of the molecule is [NH][Si](=O)O[SiH3]. The zero-order valence-electron chi connectivity index (χ0n) is 2.82. The molecule has 0 bridgehead atoms. The maximum Gasteiger partial charge on any atom is 0.639 e. The first-order chi connectivity index (χ1) is 2.27. The first kappa shape index (κ1) is 4.83. The van der Waals surface area contributed by atoms with E-state index in [0.29, 0.717) is 10.5 Å². The van der Waals surface area contributed by atoms with Gasteiger partial charge in [-0.3, -0.25) is 5.40 Å². The van der Waals surface area contributed by atoms with Crippen molar-refractivity contribution in [3.05, 3.63) is 0 Å². The lowest BCUT2D eigenvalue weighted by atomic mass is 13.9. The second-order valence-electron chi connectivity index (χ2n) is 0.492. The third-order valence-electron chi connectivity index (χ3n) is 0.185. The maximum atomic E-state index is 9.48. The molecule has 0 aromatic rings. The number of hydrogen-bond donors (Lipinski definition) is 0. The molecule has 0 spiro atoms. The Morgan fingerprint density at radius 2 is 2.20 bits per heavy atom. The molecule has 0 fully saturated rings. The van der Waals surface area contributed by atoms with Crippen LogP contribution in [0.25, 0.3) is 0 Å². The molecule has 0 aromatic heterocycles. The summed E-state index contributed by atoms with van der Waals surface area (Å²) in [6.07, 6.45) is 0. The highest BCUT2D eigenvalue weighted by molar-refractivity contribution is 6.36. The fourth-order valence-corrected chi connectivity index (χ4v) is 0. The minimum Gasteiger partial charge on any atom is -0.572 e. The maximum absolute atomic E-state index is 9.48. The van der Waals surface area contributed by atoms with Crippen LogP contribution in [0.15, 0.2) is 0 Å². The van der Waals surface area contributed by atoms with Crippen molar-refractivity contribution in [3.63, 3.8) is 0 Å². The molecule has 1 N–H and O–H groups in total. The number of nitrogens with one attached hydrogen (secondary N) is 1. The van der Waals surface area contributed by atoms with Gasteiger partial charge in [0.25, 0.3) is 0 Å². The quantitative estimate of drug-likeness (QED) is 0.362. The van der Waals surface area contributed by atoms with E-state index >= 15 is 0 Å². The number of rotatable bonds is 1. The van der Waals surface area contributed by atoms with Crippen LogP contribution in [0.2, 0.25) is 0 Å². The second kappa shape index (κ2) is 2.09. The van der Waals surface area contributed by atoms with E-state index in [1.165, 1.54) is 0 Å². The molecule has 0 aromatic carbocycles. The van der Waals surface area contributed by atoms with Crippen LogP contribution in [0, 0.1) is 0 Å². The Morgan fingerprint density at radius 3 is 2.20 bits per heavy atom. The molecule has 0 saturated carbocycles. The summed E-state index contributed by atoms with van der Waals surface area (Å²) in [6, 6.07) is 0. The topological polar surface area (TPSA) is 50.1 Å². The zero-order chi connectivity index (χ0) is 4.28. The highest BCUT2D eigenvalue weighted by atomic mass is 28.3. The van der Waals surface area contributed by atoms with Crippen LogP contribution >= 0.6 is 0 Å².